The van der Waals surface area contributed by atoms with E-state index in [4.69, 9.17) is 0 Å². The second-order valence-corrected chi connectivity index (χ2v) is 6.98. The standard InChI is InChI=1S/C16H24N2O2S/c1-4-12-6-8-21-14(12)10-18-7-5-15(19)17-13(16(18)20)9-11(2)3/h6,8,11,13H,4-5,7,9-10H2,1-3H3,(H,17,19). The van der Waals surface area contributed by atoms with Crippen LogP contribution >= 0.6 is 11.3 Å². The van der Waals surface area contributed by atoms with Gasteiger partial charge in [0.05, 0.1) is 6.54 Å². The third kappa shape index (κ3) is 4.06. The van der Waals surface area contributed by atoms with Crippen molar-refractivity contribution in [3.8, 4) is 0 Å². The third-order valence-corrected chi connectivity index (χ3v) is 4.76. The number of nitrogens with zero attached hydrogens (tertiary/aromatic N) is 1. The quantitative estimate of drug-likeness (QED) is 0.909. The molecule has 0 aliphatic carbocycles. The summed E-state index contributed by atoms with van der Waals surface area (Å²) < 4.78 is 0. The van der Waals surface area contributed by atoms with Crippen molar-refractivity contribution in [1.29, 1.82) is 0 Å². The van der Waals surface area contributed by atoms with E-state index < -0.39 is 0 Å². The van der Waals surface area contributed by atoms with Gasteiger partial charge in [0.15, 0.2) is 0 Å². The lowest BCUT2D eigenvalue weighted by atomic mass is 10.0. The summed E-state index contributed by atoms with van der Waals surface area (Å²) in [6.07, 6.45) is 2.08. The zero-order valence-electron chi connectivity index (χ0n) is 13.0. The lowest BCUT2D eigenvalue weighted by Gasteiger charge is -2.25. The number of nitrogens with one attached hydrogen (secondary N) is 1. The highest BCUT2D eigenvalue weighted by atomic mass is 32.1. The summed E-state index contributed by atoms with van der Waals surface area (Å²) in [6.45, 7) is 7.41. The molecule has 2 heterocycles. The molecule has 2 amide bonds. The van der Waals surface area contributed by atoms with Crippen molar-refractivity contribution in [1.82, 2.24) is 10.2 Å². The van der Waals surface area contributed by atoms with Crippen LogP contribution in [0.4, 0.5) is 0 Å². The van der Waals surface area contributed by atoms with Crippen LogP contribution < -0.4 is 5.32 Å². The molecule has 1 unspecified atom stereocenters. The summed E-state index contributed by atoms with van der Waals surface area (Å²) in [6, 6.07) is 1.75. The summed E-state index contributed by atoms with van der Waals surface area (Å²) in [5.74, 6) is 0.426. The summed E-state index contributed by atoms with van der Waals surface area (Å²) in [5, 5.41) is 4.95. The van der Waals surface area contributed by atoms with Crippen LogP contribution in [0.15, 0.2) is 11.4 Å². The van der Waals surface area contributed by atoms with Crippen molar-refractivity contribution < 1.29 is 9.59 Å². The Morgan fingerprint density at radius 3 is 2.86 bits per heavy atom. The molecule has 1 aliphatic heterocycles. The Kier molecular flexibility index (Phi) is 5.39. The number of hydrogen-bond acceptors (Lipinski definition) is 3. The van der Waals surface area contributed by atoms with Crippen LogP contribution in [0.5, 0.6) is 0 Å². The normalized spacial score (nSPS) is 19.8. The SMILES string of the molecule is CCc1ccsc1CN1CCC(=O)NC(CC(C)C)C1=O. The molecule has 4 nitrogen and oxygen atoms in total. The van der Waals surface area contributed by atoms with Crippen molar-refractivity contribution in [3.05, 3.63) is 21.9 Å². The van der Waals surface area contributed by atoms with Crippen molar-refractivity contribution in [2.75, 3.05) is 6.54 Å². The fourth-order valence-electron chi connectivity index (χ4n) is 2.68. The second-order valence-electron chi connectivity index (χ2n) is 5.98. The average molecular weight is 308 g/mol. The highest BCUT2D eigenvalue weighted by molar-refractivity contribution is 7.10. The number of carbonyl (C=O) groups is 2. The molecule has 0 saturated carbocycles. The molecule has 21 heavy (non-hydrogen) atoms. The van der Waals surface area contributed by atoms with E-state index in [2.05, 4.69) is 37.5 Å². The van der Waals surface area contributed by atoms with Gasteiger partial charge in [0.1, 0.15) is 6.04 Å². The van der Waals surface area contributed by atoms with Crippen LogP contribution in [0, 0.1) is 5.92 Å². The molecule has 116 valence electrons. The lowest BCUT2D eigenvalue weighted by Crippen LogP contribution is -2.45. The van der Waals surface area contributed by atoms with E-state index in [0.717, 1.165) is 6.42 Å². The van der Waals surface area contributed by atoms with E-state index in [1.165, 1.54) is 10.4 Å². The molecule has 0 spiro atoms. The first-order chi connectivity index (χ1) is 10.0. The fourth-order valence-corrected chi connectivity index (χ4v) is 3.67. The molecule has 1 aromatic rings. The van der Waals surface area contributed by atoms with Gasteiger partial charge in [0.2, 0.25) is 11.8 Å². The molecule has 1 atom stereocenters. The Morgan fingerprint density at radius 1 is 1.43 bits per heavy atom. The molecule has 1 aromatic heterocycles. The van der Waals surface area contributed by atoms with Gasteiger partial charge in [-0.3, -0.25) is 9.59 Å². The minimum absolute atomic E-state index is 0.0154. The maximum absolute atomic E-state index is 12.7. The number of rotatable bonds is 5. The third-order valence-electron chi connectivity index (χ3n) is 3.81. The first-order valence-electron chi connectivity index (χ1n) is 7.64. The second kappa shape index (κ2) is 7.07. The van der Waals surface area contributed by atoms with Crippen molar-refractivity contribution in [2.45, 2.75) is 52.6 Å². The molecule has 0 aromatic carbocycles. The van der Waals surface area contributed by atoms with Gasteiger partial charge in [-0.05, 0) is 35.8 Å². The molecule has 1 aliphatic rings. The smallest absolute Gasteiger partial charge is 0.245 e. The highest BCUT2D eigenvalue weighted by Gasteiger charge is 2.30. The predicted octanol–water partition coefficient (Wildman–Crippen LogP) is 2.57. The van der Waals surface area contributed by atoms with E-state index >= 15 is 0 Å². The van der Waals surface area contributed by atoms with Crippen molar-refractivity contribution >= 4 is 23.2 Å². The van der Waals surface area contributed by atoms with Crippen LogP contribution in [0.1, 0.15) is 44.1 Å². The first kappa shape index (κ1) is 16.0. The Labute approximate surface area is 130 Å². The molecule has 2 rings (SSSR count). The van der Waals surface area contributed by atoms with Crippen LogP contribution in [0.3, 0.4) is 0 Å². The molecule has 0 radical (unpaired) electrons. The maximum Gasteiger partial charge on any atom is 0.245 e. The van der Waals surface area contributed by atoms with Gasteiger partial charge in [-0.15, -0.1) is 11.3 Å². The van der Waals surface area contributed by atoms with E-state index in [0.29, 0.717) is 31.8 Å². The van der Waals surface area contributed by atoms with Gasteiger partial charge in [0.25, 0.3) is 0 Å². The Hall–Kier alpha value is -1.36. The number of hydrogen-bond donors (Lipinski definition) is 1. The van der Waals surface area contributed by atoms with Crippen LogP contribution in [0.2, 0.25) is 0 Å². The van der Waals surface area contributed by atoms with Crippen molar-refractivity contribution in [3.63, 3.8) is 0 Å². The fraction of sp³-hybridized carbons (Fsp3) is 0.625. The minimum Gasteiger partial charge on any atom is -0.344 e. The van der Waals surface area contributed by atoms with E-state index in [-0.39, 0.29) is 17.9 Å². The van der Waals surface area contributed by atoms with Crippen molar-refractivity contribution in [2.24, 2.45) is 5.92 Å². The summed E-state index contributed by atoms with van der Waals surface area (Å²) in [4.78, 5) is 27.6. The molecule has 1 saturated heterocycles. The highest BCUT2D eigenvalue weighted by Crippen LogP contribution is 2.21. The zero-order valence-corrected chi connectivity index (χ0v) is 13.8. The predicted molar refractivity (Wildman–Crippen MR) is 85.1 cm³/mol. The van der Waals surface area contributed by atoms with Gasteiger partial charge in [-0.2, -0.15) is 0 Å². The largest absolute Gasteiger partial charge is 0.344 e. The van der Waals surface area contributed by atoms with Gasteiger partial charge >= 0.3 is 0 Å². The van der Waals surface area contributed by atoms with Crippen LogP contribution in [-0.4, -0.2) is 29.3 Å². The van der Waals surface area contributed by atoms with Gasteiger partial charge < -0.3 is 10.2 Å². The summed E-state index contributed by atoms with van der Waals surface area (Å²) in [7, 11) is 0. The van der Waals surface area contributed by atoms with Crippen LogP contribution in [-0.2, 0) is 22.6 Å². The number of amides is 2. The molecule has 1 fully saturated rings. The molecule has 5 heteroatoms. The van der Waals surface area contributed by atoms with Gasteiger partial charge in [0, 0.05) is 17.8 Å². The monoisotopic (exact) mass is 308 g/mol. The maximum atomic E-state index is 12.7. The van der Waals surface area contributed by atoms with Gasteiger partial charge in [-0.1, -0.05) is 20.8 Å². The van der Waals surface area contributed by atoms with E-state index in [1.54, 1.807) is 11.3 Å². The minimum atomic E-state index is -0.370. The topological polar surface area (TPSA) is 49.4 Å². The molecular formula is C16H24N2O2S. The first-order valence-corrected chi connectivity index (χ1v) is 8.52. The number of carbonyl (C=O) groups excluding carboxylic acids is 2. The molecule has 1 N–H and O–H groups in total. The zero-order chi connectivity index (χ0) is 15.4. The number of thiophene rings is 1. The summed E-state index contributed by atoms with van der Waals surface area (Å²) >= 11 is 1.69. The average Bonchev–Trinajstić information content (AvgIpc) is 2.83. The summed E-state index contributed by atoms with van der Waals surface area (Å²) in [5.41, 5.74) is 1.30. The lowest BCUT2D eigenvalue weighted by molar-refractivity contribution is -0.134. The van der Waals surface area contributed by atoms with E-state index in [1.807, 2.05) is 4.90 Å². The Bertz CT molecular complexity index is 510. The Morgan fingerprint density at radius 2 is 2.19 bits per heavy atom. The molecule has 0 bridgehead atoms. The Balaban J connectivity index is 2.13. The van der Waals surface area contributed by atoms with Gasteiger partial charge in [-0.25, -0.2) is 0 Å². The van der Waals surface area contributed by atoms with Crippen LogP contribution in [0.25, 0.3) is 0 Å². The van der Waals surface area contributed by atoms with E-state index in [9.17, 15) is 9.59 Å². The number of aryl methyl sites for hydroxylation is 1. The molecular weight excluding hydrogens is 284 g/mol.